The summed E-state index contributed by atoms with van der Waals surface area (Å²) in [6.07, 6.45) is 0. The Morgan fingerprint density at radius 2 is 1.76 bits per heavy atom. The van der Waals surface area contributed by atoms with Crippen molar-refractivity contribution in [3.05, 3.63) is 50.8 Å². The highest BCUT2D eigenvalue weighted by Gasteiger charge is 2.32. The van der Waals surface area contributed by atoms with Crippen LogP contribution < -0.4 is 0 Å². The van der Waals surface area contributed by atoms with Crippen LogP contribution in [-0.2, 0) is 10.0 Å². The molecule has 0 spiro atoms. The second-order valence-corrected chi connectivity index (χ2v) is 8.91. The van der Waals surface area contributed by atoms with Crippen molar-refractivity contribution >= 4 is 55.1 Å². The Morgan fingerprint density at radius 3 is 2.36 bits per heavy atom. The van der Waals surface area contributed by atoms with Crippen LogP contribution in [0, 0.1) is 0 Å². The molecule has 0 saturated carbocycles. The summed E-state index contributed by atoms with van der Waals surface area (Å²) in [4.78, 5) is 13.9. The lowest BCUT2D eigenvalue weighted by Gasteiger charge is -2.33. The molecule has 1 saturated heterocycles. The number of halogens is 3. The number of hydrogen-bond acceptors (Lipinski definition) is 4. The Labute approximate surface area is 163 Å². The molecule has 0 radical (unpaired) electrons. The minimum Gasteiger partial charge on any atom is -0.444 e. The molecule has 1 fully saturated rings. The predicted octanol–water partition coefficient (Wildman–Crippen LogP) is 3.50. The third-order valence-electron chi connectivity index (χ3n) is 3.82. The van der Waals surface area contributed by atoms with Gasteiger partial charge < -0.3 is 9.32 Å². The third-order valence-corrected chi connectivity index (χ3v) is 6.86. The van der Waals surface area contributed by atoms with Gasteiger partial charge in [-0.3, -0.25) is 4.79 Å². The summed E-state index contributed by atoms with van der Waals surface area (Å²) in [7, 11) is -3.78. The summed E-state index contributed by atoms with van der Waals surface area (Å²) in [5.41, 5.74) is 0. The maximum Gasteiger partial charge on any atom is 0.289 e. The van der Waals surface area contributed by atoms with E-state index < -0.39 is 10.0 Å². The van der Waals surface area contributed by atoms with Gasteiger partial charge in [-0.05, 0) is 46.3 Å². The van der Waals surface area contributed by atoms with Crippen LogP contribution in [0.15, 0.2) is 44.3 Å². The average molecular weight is 468 g/mol. The van der Waals surface area contributed by atoms with Crippen LogP contribution in [0.5, 0.6) is 0 Å². The van der Waals surface area contributed by atoms with E-state index in [9.17, 15) is 13.2 Å². The smallest absolute Gasteiger partial charge is 0.289 e. The Hall–Kier alpha value is -1.06. The molecule has 0 aliphatic carbocycles. The summed E-state index contributed by atoms with van der Waals surface area (Å²) < 4.78 is 32.5. The summed E-state index contributed by atoms with van der Waals surface area (Å²) in [5, 5.41) is 0.406. The van der Waals surface area contributed by atoms with Crippen LogP contribution in [-0.4, -0.2) is 49.7 Å². The van der Waals surface area contributed by atoms with Crippen LogP contribution in [0.25, 0.3) is 0 Å². The number of amides is 1. The van der Waals surface area contributed by atoms with Crippen molar-refractivity contribution in [2.45, 2.75) is 4.90 Å². The average Bonchev–Trinajstić information content (AvgIpc) is 3.03. The van der Waals surface area contributed by atoms with Gasteiger partial charge in [0.25, 0.3) is 5.91 Å². The highest BCUT2D eigenvalue weighted by Crippen LogP contribution is 2.28. The maximum absolute atomic E-state index is 12.8. The fourth-order valence-corrected chi connectivity index (χ4v) is 5.00. The van der Waals surface area contributed by atoms with E-state index >= 15 is 0 Å². The summed E-state index contributed by atoms with van der Waals surface area (Å²) in [6, 6.07) is 7.51. The van der Waals surface area contributed by atoms with Gasteiger partial charge in [0.1, 0.15) is 4.90 Å². The van der Waals surface area contributed by atoms with Gasteiger partial charge >= 0.3 is 0 Å². The Bertz CT molecular complexity index is 908. The Morgan fingerprint density at radius 1 is 1.08 bits per heavy atom. The zero-order valence-corrected chi connectivity index (χ0v) is 16.7. The number of hydrogen-bond donors (Lipinski definition) is 0. The van der Waals surface area contributed by atoms with Crippen LogP contribution in [0.1, 0.15) is 10.6 Å². The number of nitrogens with zero attached hydrogens (tertiary/aromatic N) is 2. The lowest BCUT2D eigenvalue weighted by Crippen LogP contribution is -2.50. The minimum atomic E-state index is -3.78. The van der Waals surface area contributed by atoms with E-state index in [1.165, 1.54) is 22.5 Å². The molecule has 1 amide bonds. The van der Waals surface area contributed by atoms with Crippen molar-refractivity contribution < 1.29 is 17.6 Å². The maximum atomic E-state index is 12.8. The number of sulfonamides is 1. The van der Waals surface area contributed by atoms with E-state index in [0.717, 1.165) is 0 Å². The zero-order chi connectivity index (χ0) is 18.2. The topological polar surface area (TPSA) is 70.8 Å². The van der Waals surface area contributed by atoms with Gasteiger partial charge in [0, 0.05) is 31.2 Å². The molecule has 3 rings (SSSR count). The third kappa shape index (κ3) is 3.88. The van der Waals surface area contributed by atoms with E-state index in [0.29, 0.717) is 9.69 Å². The molecule has 25 heavy (non-hydrogen) atoms. The molecule has 10 heteroatoms. The first-order valence-corrected chi connectivity index (χ1v) is 10.3. The first-order chi connectivity index (χ1) is 11.8. The number of carbonyl (C=O) groups is 1. The Balaban J connectivity index is 1.73. The molecule has 1 aromatic carbocycles. The van der Waals surface area contributed by atoms with Gasteiger partial charge in [-0.1, -0.05) is 23.2 Å². The monoisotopic (exact) mass is 466 g/mol. The van der Waals surface area contributed by atoms with Gasteiger partial charge in [-0.25, -0.2) is 8.42 Å². The van der Waals surface area contributed by atoms with Crippen LogP contribution >= 0.6 is 39.1 Å². The van der Waals surface area contributed by atoms with E-state index in [4.69, 9.17) is 27.6 Å². The molecule has 2 aromatic rings. The summed E-state index contributed by atoms with van der Waals surface area (Å²) in [6.45, 7) is 0.848. The molecule has 1 aliphatic heterocycles. The summed E-state index contributed by atoms with van der Waals surface area (Å²) >= 11 is 15.1. The van der Waals surface area contributed by atoms with E-state index in [-0.39, 0.29) is 47.8 Å². The van der Waals surface area contributed by atoms with Crippen molar-refractivity contribution in [3.8, 4) is 0 Å². The number of carbonyl (C=O) groups excluding carboxylic acids is 1. The fourth-order valence-electron chi connectivity index (χ4n) is 2.53. The second-order valence-electron chi connectivity index (χ2n) is 5.37. The van der Waals surface area contributed by atoms with Crippen molar-refractivity contribution in [2.75, 3.05) is 26.2 Å². The number of furan rings is 1. The van der Waals surface area contributed by atoms with Crippen LogP contribution in [0.2, 0.25) is 10.0 Å². The van der Waals surface area contributed by atoms with Crippen LogP contribution in [0.3, 0.4) is 0 Å². The van der Waals surface area contributed by atoms with E-state index in [1.54, 1.807) is 17.0 Å². The molecule has 6 nitrogen and oxygen atoms in total. The predicted molar refractivity (Wildman–Crippen MR) is 97.5 cm³/mol. The first-order valence-electron chi connectivity index (χ1n) is 7.29. The summed E-state index contributed by atoms with van der Waals surface area (Å²) in [5.74, 6) is -0.0652. The molecule has 1 aliphatic rings. The lowest BCUT2D eigenvalue weighted by atomic mass is 10.3. The number of benzene rings is 1. The molecular formula is C15H13BrCl2N2O4S. The Kier molecular flexibility index (Phi) is 5.45. The molecule has 0 unspecified atom stereocenters. The first kappa shape index (κ1) is 18.7. The van der Waals surface area contributed by atoms with Gasteiger partial charge in [-0.15, -0.1) is 0 Å². The normalized spacial score (nSPS) is 16.2. The molecule has 134 valence electrons. The van der Waals surface area contributed by atoms with Gasteiger partial charge in [0.2, 0.25) is 10.0 Å². The molecule has 0 atom stereocenters. The van der Waals surface area contributed by atoms with Crippen molar-refractivity contribution in [1.29, 1.82) is 0 Å². The van der Waals surface area contributed by atoms with Gasteiger partial charge in [-0.2, -0.15) is 4.31 Å². The SMILES string of the molecule is O=C(c1ccc(Br)o1)N1CCN(S(=O)(=O)c2cc(Cl)ccc2Cl)CC1. The second kappa shape index (κ2) is 7.28. The molecule has 0 N–H and O–H groups in total. The fraction of sp³-hybridized carbons (Fsp3) is 0.267. The lowest BCUT2D eigenvalue weighted by molar-refractivity contribution is 0.0664. The highest BCUT2D eigenvalue weighted by atomic mass is 79.9. The van der Waals surface area contributed by atoms with Crippen LogP contribution in [0.4, 0.5) is 0 Å². The molecule has 2 heterocycles. The van der Waals surface area contributed by atoms with Crippen molar-refractivity contribution in [1.82, 2.24) is 9.21 Å². The zero-order valence-electron chi connectivity index (χ0n) is 12.8. The van der Waals surface area contributed by atoms with Gasteiger partial charge in [0.15, 0.2) is 10.4 Å². The van der Waals surface area contributed by atoms with E-state index in [2.05, 4.69) is 15.9 Å². The molecule has 0 bridgehead atoms. The quantitative estimate of drug-likeness (QED) is 0.692. The number of piperazine rings is 1. The van der Waals surface area contributed by atoms with Gasteiger partial charge in [0.05, 0.1) is 5.02 Å². The molecule has 1 aromatic heterocycles. The minimum absolute atomic E-state index is 0.0311. The standard InChI is InChI=1S/C15H13BrCl2N2O4S/c16-14-4-3-12(24-14)15(21)19-5-7-20(8-6-19)25(22,23)13-9-10(17)1-2-11(13)18/h1-4,9H,5-8H2. The highest BCUT2D eigenvalue weighted by molar-refractivity contribution is 9.10. The van der Waals surface area contributed by atoms with Crippen molar-refractivity contribution in [3.63, 3.8) is 0 Å². The van der Waals surface area contributed by atoms with Crippen molar-refractivity contribution in [2.24, 2.45) is 0 Å². The van der Waals surface area contributed by atoms with E-state index in [1.807, 2.05) is 0 Å². The largest absolute Gasteiger partial charge is 0.444 e. The molecular weight excluding hydrogens is 455 g/mol. The number of rotatable bonds is 3.